The molecule has 0 spiro atoms. The van der Waals surface area contributed by atoms with Crippen LogP contribution in [0, 0.1) is 0 Å². The number of thiazole rings is 1. The van der Waals surface area contributed by atoms with Gasteiger partial charge in [-0.05, 0) is 23.8 Å². The maximum Gasteiger partial charge on any atom is 0.295 e. The van der Waals surface area contributed by atoms with Gasteiger partial charge in [-0.25, -0.2) is 15.0 Å². The van der Waals surface area contributed by atoms with Crippen molar-refractivity contribution in [3.63, 3.8) is 0 Å². The molecule has 10 nitrogen and oxygen atoms in total. The van der Waals surface area contributed by atoms with Crippen LogP contribution in [0.2, 0.25) is 0 Å². The highest BCUT2D eigenvalue weighted by Gasteiger charge is 2.15. The number of nitrogens with zero attached hydrogens (tertiary/aromatic N) is 3. The Morgan fingerprint density at radius 1 is 1.03 bits per heavy atom. The predicted molar refractivity (Wildman–Crippen MR) is 114 cm³/mol. The predicted octanol–water partition coefficient (Wildman–Crippen LogP) is 2.07. The summed E-state index contributed by atoms with van der Waals surface area (Å²) in [6.45, 7) is 0.272. The second-order valence-corrected chi connectivity index (χ2v) is 7.02. The lowest BCUT2D eigenvalue weighted by molar-refractivity contribution is -0.120. The van der Waals surface area contributed by atoms with Gasteiger partial charge in [0.25, 0.3) is 5.91 Å². The molecule has 11 heteroatoms. The Labute approximate surface area is 182 Å². The number of hydrogen-bond acceptors (Lipinski definition) is 9. The Bertz CT molecular complexity index is 1030. The van der Waals surface area contributed by atoms with Crippen LogP contribution in [0.5, 0.6) is 17.2 Å². The Hall–Kier alpha value is -3.73. The molecule has 3 rings (SSSR count). The van der Waals surface area contributed by atoms with Crippen LogP contribution in [0.3, 0.4) is 0 Å². The molecular weight excluding hydrogens is 422 g/mol. The van der Waals surface area contributed by atoms with Crippen LogP contribution in [0.4, 0.5) is 5.13 Å². The van der Waals surface area contributed by atoms with Gasteiger partial charge >= 0.3 is 0 Å². The fourth-order valence-electron chi connectivity index (χ4n) is 2.68. The minimum absolute atomic E-state index is 0.0438. The first-order valence-electron chi connectivity index (χ1n) is 9.12. The lowest BCUT2D eigenvalue weighted by Gasteiger charge is -2.14. The number of rotatable bonds is 9. The molecule has 0 atom stereocenters. The van der Waals surface area contributed by atoms with Gasteiger partial charge in [-0.1, -0.05) is 0 Å². The Balaban J connectivity index is 1.56. The highest BCUT2D eigenvalue weighted by Crippen LogP contribution is 2.38. The van der Waals surface area contributed by atoms with Gasteiger partial charge in [0.2, 0.25) is 17.5 Å². The Morgan fingerprint density at radius 2 is 1.71 bits per heavy atom. The topological polar surface area (TPSA) is 125 Å². The van der Waals surface area contributed by atoms with E-state index >= 15 is 0 Å². The average molecular weight is 443 g/mol. The molecule has 31 heavy (non-hydrogen) atoms. The second-order valence-electron chi connectivity index (χ2n) is 6.16. The summed E-state index contributed by atoms with van der Waals surface area (Å²) in [5.74, 6) is 0.860. The zero-order valence-electron chi connectivity index (χ0n) is 17.2. The number of carbonyl (C=O) groups is 2. The van der Waals surface area contributed by atoms with Gasteiger partial charge in [-0.3, -0.25) is 14.9 Å². The summed E-state index contributed by atoms with van der Waals surface area (Å²) in [5.41, 5.74) is 1.33. The molecule has 2 N–H and O–H groups in total. The van der Waals surface area contributed by atoms with Gasteiger partial charge in [0.1, 0.15) is 0 Å². The number of nitrogens with one attached hydrogen (secondary N) is 2. The van der Waals surface area contributed by atoms with E-state index in [1.807, 2.05) is 0 Å². The van der Waals surface area contributed by atoms with Gasteiger partial charge in [-0.2, -0.15) is 0 Å². The second kappa shape index (κ2) is 10.3. The van der Waals surface area contributed by atoms with Crippen molar-refractivity contribution in [1.29, 1.82) is 0 Å². The highest BCUT2D eigenvalue weighted by molar-refractivity contribution is 7.14. The van der Waals surface area contributed by atoms with Crippen molar-refractivity contribution in [3.05, 3.63) is 53.1 Å². The third-order valence-electron chi connectivity index (χ3n) is 4.10. The van der Waals surface area contributed by atoms with Crippen LogP contribution in [0.1, 0.15) is 21.9 Å². The third-order valence-corrected chi connectivity index (χ3v) is 4.90. The van der Waals surface area contributed by atoms with Gasteiger partial charge in [0.05, 0.1) is 33.4 Å². The SMILES string of the molecule is COc1cc(CNC(=O)Cc2csc(NC(=O)c3ncccn3)n2)cc(OC)c1OC. The number of benzene rings is 1. The summed E-state index contributed by atoms with van der Waals surface area (Å²) in [6, 6.07) is 5.16. The smallest absolute Gasteiger partial charge is 0.295 e. The van der Waals surface area contributed by atoms with Crippen molar-refractivity contribution >= 4 is 28.3 Å². The minimum Gasteiger partial charge on any atom is -0.493 e. The summed E-state index contributed by atoms with van der Waals surface area (Å²) in [7, 11) is 4.59. The van der Waals surface area contributed by atoms with E-state index in [9.17, 15) is 9.59 Å². The van der Waals surface area contributed by atoms with Crippen molar-refractivity contribution in [2.45, 2.75) is 13.0 Å². The number of carbonyl (C=O) groups excluding carboxylic acids is 2. The summed E-state index contributed by atoms with van der Waals surface area (Å²) in [5, 5.41) is 7.52. The molecule has 1 aromatic carbocycles. The van der Waals surface area contributed by atoms with Crippen LogP contribution in [-0.4, -0.2) is 48.1 Å². The number of anilines is 1. The Kier molecular flexibility index (Phi) is 7.33. The number of methoxy groups -OCH3 is 3. The molecule has 0 saturated carbocycles. The molecule has 2 heterocycles. The summed E-state index contributed by atoms with van der Waals surface area (Å²) < 4.78 is 15.9. The maximum atomic E-state index is 12.3. The van der Waals surface area contributed by atoms with Gasteiger partial charge in [-0.15, -0.1) is 11.3 Å². The number of aromatic nitrogens is 3. The van der Waals surface area contributed by atoms with Crippen molar-refractivity contribution in [1.82, 2.24) is 20.3 Å². The van der Waals surface area contributed by atoms with E-state index in [0.717, 1.165) is 5.56 Å². The van der Waals surface area contributed by atoms with E-state index in [1.165, 1.54) is 45.1 Å². The molecule has 3 aromatic rings. The van der Waals surface area contributed by atoms with E-state index in [4.69, 9.17) is 14.2 Å². The molecule has 162 valence electrons. The van der Waals surface area contributed by atoms with Gasteiger partial charge in [0.15, 0.2) is 16.6 Å². The Morgan fingerprint density at radius 3 is 2.32 bits per heavy atom. The van der Waals surface area contributed by atoms with Crippen LogP contribution >= 0.6 is 11.3 Å². The van der Waals surface area contributed by atoms with Crippen LogP contribution < -0.4 is 24.8 Å². The standard InChI is InChI=1S/C20H21N5O5S/c1-28-14-7-12(8-15(29-2)17(14)30-3)10-23-16(26)9-13-11-31-20(24-13)25-19(27)18-21-5-4-6-22-18/h4-8,11H,9-10H2,1-3H3,(H,23,26)(H,24,25,27). The molecule has 0 unspecified atom stereocenters. The normalized spacial score (nSPS) is 10.3. The van der Waals surface area contributed by atoms with Crippen LogP contribution in [-0.2, 0) is 17.8 Å². The fraction of sp³-hybridized carbons (Fsp3) is 0.250. The highest BCUT2D eigenvalue weighted by atomic mass is 32.1. The first-order valence-corrected chi connectivity index (χ1v) is 10.00. The summed E-state index contributed by atoms with van der Waals surface area (Å²) in [6.07, 6.45) is 3.03. The summed E-state index contributed by atoms with van der Waals surface area (Å²) >= 11 is 1.22. The zero-order chi connectivity index (χ0) is 22.2. The number of amides is 2. The quantitative estimate of drug-likeness (QED) is 0.515. The van der Waals surface area contributed by atoms with Crippen molar-refractivity contribution in [2.24, 2.45) is 0 Å². The van der Waals surface area contributed by atoms with E-state index in [0.29, 0.717) is 28.1 Å². The maximum absolute atomic E-state index is 12.3. The molecule has 0 aliphatic rings. The van der Waals surface area contributed by atoms with Crippen molar-refractivity contribution in [2.75, 3.05) is 26.6 Å². The van der Waals surface area contributed by atoms with E-state index < -0.39 is 5.91 Å². The number of ether oxygens (including phenoxy) is 3. The van der Waals surface area contributed by atoms with Gasteiger partial charge in [0, 0.05) is 24.3 Å². The molecule has 0 bridgehead atoms. The molecule has 0 radical (unpaired) electrons. The van der Waals surface area contributed by atoms with Crippen LogP contribution in [0.25, 0.3) is 0 Å². The fourth-order valence-corrected chi connectivity index (χ4v) is 3.39. The minimum atomic E-state index is -0.464. The largest absolute Gasteiger partial charge is 0.493 e. The van der Waals surface area contributed by atoms with Crippen molar-refractivity contribution < 1.29 is 23.8 Å². The third kappa shape index (κ3) is 5.66. The van der Waals surface area contributed by atoms with E-state index in [2.05, 4.69) is 25.6 Å². The lowest BCUT2D eigenvalue weighted by Crippen LogP contribution is -2.24. The van der Waals surface area contributed by atoms with Crippen molar-refractivity contribution in [3.8, 4) is 17.2 Å². The van der Waals surface area contributed by atoms with Crippen LogP contribution in [0.15, 0.2) is 36.0 Å². The number of hydrogen-bond donors (Lipinski definition) is 2. The summed E-state index contributed by atoms with van der Waals surface area (Å²) in [4.78, 5) is 36.4. The lowest BCUT2D eigenvalue weighted by atomic mass is 10.1. The van der Waals surface area contributed by atoms with Gasteiger partial charge < -0.3 is 19.5 Å². The molecule has 0 saturated heterocycles. The average Bonchev–Trinajstić information content (AvgIpc) is 3.23. The van der Waals surface area contributed by atoms with E-state index in [1.54, 1.807) is 23.6 Å². The molecular formula is C20H21N5O5S. The first kappa shape index (κ1) is 22.0. The van der Waals surface area contributed by atoms with E-state index in [-0.39, 0.29) is 24.7 Å². The molecule has 2 aromatic heterocycles. The zero-order valence-corrected chi connectivity index (χ0v) is 18.0. The molecule has 0 fully saturated rings. The monoisotopic (exact) mass is 443 g/mol. The molecule has 2 amide bonds. The first-order chi connectivity index (χ1) is 15.0. The molecule has 0 aliphatic heterocycles. The molecule has 0 aliphatic carbocycles.